The fourth-order valence-electron chi connectivity index (χ4n) is 2.72. The molecule has 0 amide bonds. The molecule has 2 saturated heterocycles. The van der Waals surface area contributed by atoms with E-state index in [1.807, 2.05) is 0 Å². The van der Waals surface area contributed by atoms with E-state index in [-0.39, 0.29) is 0 Å². The predicted octanol–water partition coefficient (Wildman–Crippen LogP) is 2.26. The van der Waals surface area contributed by atoms with Crippen LogP contribution >= 0.6 is 0 Å². The molecule has 2 aliphatic heterocycles. The minimum Gasteiger partial charge on any atom is -0.316 e. The summed E-state index contributed by atoms with van der Waals surface area (Å²) in [6, 6.07) is 0. The first-order valence-corrected chi connectivity index (χ1v) is 6.83. The number of hydrogen-bond acceptors (Lipinski definition) is 3. The van der Waals surface area contributed by atoms with Crippen LogP contribution in [0.15, 0.2) is 0 Å². The third kappa shape index (κ3) is 6.18. The summed E-state index contributed by atoms with van der Waals surface area (Å²) in [7, 11) is 0. The second-order valence-corrected chi connectivity index (χ2v) is 6.53. The first-order valence-electron chi connectivity index (χ1n) is 6.83. The number of ketones is 1. The first-order chi connectivity index (χ1) is 7.81. The topological polar surface area (TPSA) is 41.1 Å². The first kappa shape index (κ1) is 14.7. The van der Waals surface area contributed by atoms with E-state index in [1.165, 1.54) is 19.3 Å². The molecule has 0 aromatic heterocycles. The molecule has 3 heteroatoms. The van der Waals surface area contributed by atoms with E-state index in [1.54, 1.807) is 0 Å². The highest BCUT2D eigenvalue weighted by molar-refractivity contribution is 5.79. The monoisotopic (exact) mass is 240 g/mol. The Bertz CT molecular complexity index is 237. The van der Waals surface area contributed by atoms with E-state index < -0.39 is 0 Å². The van der Waals surface area contributed by atoms with Gasteiger partial charge in [-0.3, -0.25) is 4.79 Å². The van der Waals surface area contributed by atoms with Crippen molar-refractivity contribution in [2.24, 2.45) is 0 Å². The maximum absolute atomic E-state index is 10.4. The largest absolute Gasteiger partial charge is 0.316 e. The SMILES string of the molecule is CC1(C)CCCC(C)(C)N1.O=C1CCNCC1. The third-order valence-corrected chi connectivity index (χ3v) is 3.44. The molecule has 0 aromatic rings. The van der Waals surface area contributed by atoms with Crippen molar-refractivity contribution in [1.82, 2.24) is 10.6 Å². The van der Waals surface area contributed by atoms with Gasteiger partial charge in [-0.1, -0.05) is 0 Å². The Hall–Kier alpha value is -0.410. The quantitative estimate of drug-likeness (QED) is 0.682. The fraction of sp³-hybridized carbons (Fsp3) is 0.929. The van der Waals surface area contributed by atoms with E-state index in [2.05, 4.69) is 38.3 Å². The Balaban J connectivity index is 0.000000181. The van der Waals surface area contributed by atoms with Crippen molar-refractivity contribution in [3.63, 3.8) is 0 Å². The van der Waals surface area contributed by atoms with Crippen molar-refractivity contribution in [1.29, 1.82) is 0 Å². The average molecular weight is 240 g/mol. The van der Waals surface area contributed by atoms with Crippen molar-refractivity contribution in [2.45, 2.75) is 70.9 Å². The molecule has 2 heterocycles. The molecule has 0 atom stereocenters. The van der Waals surface area contributed by atoms with Crippen molar-refractivity contribution in [3.8, 4) is 0 Å². The predicted molar refractivity (Wildman–Crippen MR) is 72.3 cm³/mol. The molecule has 0 radical (unpaired) electrons. The Morgan fingerprint density at radius 3 is 1.65 bits per heavy atom. The van der Waals surface area contributed by atoms with Gasteiger partial charge in [0.05, 0.1) is 0 Å². The lowest BCUT2D eigenvalue weighted by atomic mass is 9.83. The standard InChI is InChI=1S/C9H19N.C5H9NO/c1-8(2)6-5-7-9(3,4)10-8;7-5-1-3-6-4-2-5/h10H,5-7H2,1-4H3;6H,1-4H2. The van der Waals surface area contributed by atoms with Crippen LogP contribution in [-0.2, 0) is 4.79 Å². The molecule has 0 aliphatic carbocycles. The van der Waals surface area contributed by atoms with Crippen LogP contribution in [0, 0.1) is 0 Å². The van der Waals surface area contributed by atoms with Gasteiger partial charge in [-0.05, 0) is 47.0 Å². The normalized spacial score (nSPS) is 26.9. The van der Waals surface area contributed by atoms with E-state index in [0.717, 1.165) is 25.9 Å². The summed E-state index contributed by atoms with van der Waals surface area (Å²) in [5.41, 5.74) is 0.726. The van der Waals surface area contributed by atoms with Gasteiger partial charge in [-0.15, -0.1) is 0 Å². The summed E-state index contributed by atoms with van der Waals surface area (Å²) in [5.74, 6) is 0.402. The van der Waals surface area contributed by atoms with Crippen LogP contribution in [0.1, 0.15) is 59.8 Å². The van der Waals surface area contributed by atoms with Crippen LogP contribution in [-0.4, -0.2) is 30.0 Å². The van der Waals surface area contributed by atoms with E-state index >= 15 is 0 Å². The molecule has 3 nitrogen and oxygen atoms in total. The number of Topliss-reactive ketones (excluding diaryl/α,β-unsaturated/α-hetero) is 1. The van der Waals surface area contributed by atoms with Gasteiger partial charge in [0.15, 0.2) is 0 Å². The number of carbonyl (C=O) groups excluding carboxylic acids is 1. The van der Waals surface area contributed by atoms with Crippen LogP contribution in [0.2, 0.25) is 0 Å². The van der Waals surface area contributed by atoms with Gasteiger partial charge < -0.3 is 10.6 Å². The number of carbonyl (C=O) groups is 1. The van der Waals surface area contributed by atoms with Gasteiger partial charge in [0.1, 0.15) is 5.78 Å². The Morgan fingerprint density at radius 2 is 1.41 bits per heavy atom. The lowest BCUT2D eigenvalue weighted by Gasteiger charge is -2.42. The highest BCUT2D eigenvalue weighted by Crippen LogP contribution is 2.27. The van der Waals surface area contributed by atoms with Crippen LogP contribution in [0.4, 0.5) is 0 Å². The van der Waals surface area contributed by atoms with E-state index in [9.17, 15) is 4.79 Å². The molecule has 0 aromatic carbocycles. The van der Waals surface area contributed by atoms with Gasteiger partial charge in [-0.2, -0.15) is 0 Å². The van der Waals surface area contributed by atoms with Gasteiger partial charge in [0, 0.05) is 37.0 Å². The molecule has 0 saturated carbocycles. The third-order valence-electron chi connectivity index (χ3n) is 3.44. The number of rotatable bonds is 0. The average Bonchev–Trinajstić information content (AvgIpc) is 2.15. The zero-order chi connectivity index (χ0) is 12.9. The molecule has 17 heavy (non-hydrogen) atoms. The molecule has 2 N–H and O–H groups in total. The van der Waals surface area contributed by atoms with E-state index in [0.29, 0.717) is 16.9 Å². The highest BCUT2D eigenvalue weighted by atomic mass is 16.1. The summed E-state index contributed by atoms with van der Waals surface area (Å²) in [4.78, 5) is 10.4. The van der Waals surface area contributed by atoms with Gasteiger partial charge >= 0.3 is 0 Å². The molecule has 2 aliphatic rings. The summed E-state index contributed by atoms with van der Waals surface area (Å²) < 4.78 is 0. The van der Waals surface area contributed by atoms with Gasteiger partial charge in [0.25, 0.3) is 0 Å². The molecule has 100 valence electrons. The number of hydrogen-bond donors (Lipinski definition) is 2. The molecule has 2 fully saturated rings. The minimum absolute atomic E-state index is 0.363. The number of piperidine rings is 2. The lowest BCUT2D eigenvalue weighted by molar-refractivity contribution is -0.119. The Labute approximate surface area is 106 Å². The Morgan fingerprint density at radius 1 is 0.941 bits per heavy atom. The number of nitrogens with one attached hydrogen (secondary N) is 2. The highest BCUT2D eigenvalue weighted by Gasteiger charge is 2.31. The van der Waals surface area contributed by atoms with Crippen molar-refractivity contribution in [2.75, 3.05) is 13.1 Å². The second kappa shape index (κ2) is 5.96. The van der Waals surface area contributed by atoms with Crippen molar-refractivity contribution in [3.05, 3.63) is 0 Å². The van der Waals surface area contributed by atoms with Crippen LogP contribution < -0.4 is 10.6 Å². The van der Waals surface area contributed by atoms with Crippen LogP contribution in [0.3, 0.4) is 0 Å². The van der Waals surface area contributed by atoms with Crippen molar-refractivity contribution < 1.29 is 4.79 Å². The second-order valence-electron chi connectivity index (χ2n) is 6.53. The summed E-state index contributed by atoms with van der Waals surface area (Å²) in [5, 5.41) is 6.73. The van der Waals surface area contributed by atoms with Crippen LogP contribution in [0.5, 0.6) is 0 Å². The Kier molecular flexibility index (Phi) is 5.14. The van der Waals surface area contributed by atoms with Gasteiger partial charge in [-0.25, -0.2) is 0 Å². The molecule has 0 spiro atoms. The molecular formula is C14H28N2O. The molecule has 2 rings (SSSR count). The summed E-state index contributed by atoms with van der Waals surface area (Å²) >= 11 is 0. The molecular weight excluding hydrogens is 212 g/mol. The van der Waals surface area contributed by atoms with Crippen LogP contribution in [0.25, 0.3) is 0 Å². The smallest absolute Gasteiger partial charge is 0.135 e. The summed E-state index contributed by atoms with van der Waals surface area (Å²) in [6.07, 6.45) is 5.47. The van der Waals surface area contributed by atoms with Crippen molar-refractivity contribution >= 4 is 5.78 Å². The fourth-order valence-corrected chi connectivity index (χ4v) is 2.72. The maximum Gasteiger partial charge on any atom is 0.135 e. The maximum atomic E-state index is 10.4. The zero-order valence-electron chi connectivity index (χ0n) is 11.9. The molecule has 0 bridgehead atoms. The zero-order valence-corrected chi connectivity index (χ0v) is 11.9. The lowest BCUT2D eigenvalue weighted by Crippen LogP contribution is -2.55. The minimum atomic E-state index is 0.363. The van der Waals surface area contributed by atoms with E-state index in [4.69, 9.17) is 0 Å². The molecule has 0 unspecified atom stereocenters. The van der Waals surface area contributed by atoms with Gasteiger partial charge in [0.2, 0.25) is 0 Å². The summed E-state index contributed by atoms with van der Waals surface area (Å²) in [6.45, 7) is 10.9.